The number of anilines is 1. The van der Waals surface area contributed by atoms with Crippen LogP contribution in [0.1, 0.15) is 21.5 Å². The van der Waals surface area contributed by atoms with Crippen molar-refractivity contribution in [3.05, 3.63) is 95.1 Å². The molecule has 0 bridgehead atoms. The Labute approximate surface area is 172 Å². The number of aromatic hydroxyl groups is 1. The molecule has 0 aliphatic heterocycles. The van der Waals surface area contributed by atoms with E-state index in [1.807, 2.05) is 0 Å². The van der Waals surface area contributed by atoms with E-state index in [4.69, 9.17) is 0 Å². The van der Waals surface area contributed by atoms with Crippen molar-refractivity contribution in [3.63, 3.8) is 0 Å². The van der Waals surface area contributed by atoms with Crippen molar-refractivity contribution >= 4 is 17.5 Å². The number of phenolic OH excluding ortho intramolecular Hbond substituents is 1. The maximum Gasteiger partial charge on any atom is 0.254 e. The second kappa shape index (κ2) is 9.17. The van der Waals surface area contributed by atoms with Gasteiger partial charge < -0.3 is 15.7 Å². The summed E-state index contributed by atoms with van der Waals surface area (Å²) in [4.78, 5) is 25.5. The molecule has 0 aliphatic carbocycles. The van der Waals surface area contributed by atoms with Crippen molar-refractivity contribution in [1.82, 2.24) is 5.32 Å². The van der Waals surface area contributed by atoms with Gasteiger partial charge in [-0.25, -0.2) is 8.78 Å². The van der Waals surface area contributed by atoms with Crippen LogP contribution in [-0.2, 0) is 11.2 Å². The van der Waals surface area contributed by atoms with E-state index >= 15 is 0 Å². The van der Waals surface area contributed by atoms with E-state index in [0.717, 1.165) is 6.07 Å². The van der Waals surface area contributed by atoms with Crippen LogP contribution >= 0.6 is 0 Å². The van der Waals surface area contributed by atoms with Gasteiger partial charge in [0.15, 0.2) is 0 Å². The Balaban J connectivity index is 1.85. The molecule has 3 rings (SSSR count). The van der Waals surface area contributed by atoms with Crippen LogP contribution in [-0.4, -0.2) is 23.0 Å². The first kappa shape index (κ1) is 21.0. The van der Waals surface area contributed by atoms with E-state index in [0.29, 0.717) is 11.1 Å². The minimum Gasteiger partial charge on any atom is -0.508 e. The fraction of sp³-hybridized carbons (Fsp3) is 0.130. The number of aryl methyl sites for hydroxylation is 1. The van der Waals surface area contributed by atoms with Crippen molar-refractivity contribution in [1.29, 1.82) is 0 Å². The summed E-state index contributed by atoms with van der Waals surface area (Å²) in [5.74, 6) is -2.49. The Morgan fingerprint density at radius 1 is 1.00 bits per heavy atom. The summed E-state index contributed by atoms with van der Waals surface area (Å²) in [5.41, 5.74) is 1.39. The summed E-state index contributed by atoms with van der Waals surface area (Å²) in [7, 11) is 0. The lowest BCUT2D eigenvalue weighted by molar-refractivity contribution is -0.118. The molecule has 0 saturated heterocycles. The van der Waals surface area contributed by atoms with Gasteiger partial charge in [0.2, 0.25) is 5.91 Å². The molecule has 0 saturated carbocycles. The van der Waals surface area contributed by atoms with Gasteiger partial charge in [0.1, 0.15) is 23.4 Å². The quantitative estimate of drug-likeness (QED) is 0.576. The third-order valence-electron chi connectivity index (χ3n) is 4.57. The van der Waals surface area contributed by atoms with Crippen LogP contribution in [0.2, 0.25) is 0 Å². The van der Waals surface area contributed by atoms with E-state index in [1.54, 1.807) is 19.1 Å². The van der Waals surface area contributed by atoms with Crippen LogP contribution in [0, 0.1) is 18.6 Å². The van der Waals surface area contributed by atoms with Crippen molar-refractivity contribution in [2.75, 3.05) is 5.32 Å². The normalized spacial score (nSPS) is 11.6. The molecule has 154 valence electrons. The zero-order chi connectivity index (χ0) is 21.7. The van der Waals surface area contributed by atoms with Gasteiger partial charge >= 0.3 is 0 Å². The van der Waals surface area contributed by atoms with Gasteiger partial charge in [-0.15, -0.1) is 0 Å². The summed E-state index contributed by atoms with van der Waals surface area (Å²) in [5, 5.41) is 14.6. The Kier molecular flexibility index (Phi) is 6.41. The fourth-order valence-electron chi connectivity index (χ4n) is 2.91. The first-order valence-electron chi connectivity index (χ1n) is 9.24. The first-order chi connectivity index (χ1) is 14.3. The summed E-state index contributed by atoms with van der Waals surface area (Å²) >= 11 is 0. The summed E-state index contributed by atoms with van der Waals surface area (Å²) in [6.45, 7) is 1.71. The standard InChI is InChI=1S/C23H20F2N2O3/c1-14-6-9-16(24)13-20(14)26-23(30)21(12-15-7-10-17(28)11-8-15)27-22(29)18-4-2-3-5-19(18)25/h2-11,13,21,28H,12H2,1H3,(H,26,30)(H,27,29). The molecule has 0 radical (unpaired) electrons. The van der Waals surface area contributed by atoms with Gasteiger partial charge in [-0.3, -0.25) is 9.59 Å². The maximum absolute atomic E-state index is 14.0. The zero-order valence-electron chi connectivity index (χ0n) is 16.2. The minimum absolute atomic E-state index is 0.0607. The molecule has 2 amide bonds. The second-order valence-corrected chi connectivity index (χ2v) is 6.82. The smallest absolute Gasteiger partial charge is 0.254 e. The van der Waals surface area contributed by atoms with Crippen LogP contribution in [0.3, 0.4) is 0 Å². The molecular weight excluding hydrogens is 390 g/mol. The average molecular weight is 410 g/mol. The van der Waals surface area contributed by atoms with Crippen LogP contribution in [0.25, 0.3) is 0 Å². The third kappa shape index (κ3) is 5.20. The molecular formula is C23H20F2N2O3. The number of hydrogen-bond donors (Lipinski definition) is 3. The molecule has 0 aromatic heterocycles. The van der Waals surface area contributed by atoms with Crippen molar-refractivity contribution in [2.24, 2.45) is 0 Å². The van der Waals surface area contributed by atoms with Crippen LogP contribution in [0.15, 0.2) is 66.7 Å². The lowest BCUT2D eigenvalue weighted by Gasteiger charge is -2.20. The SMILES string of the molecule is Cc1ccc(F)cc1NC(=O)C(Cc1ccc(O)cc1)NC(=O)c1ccccc1F. The number of amides is 2. The fourth-order valence-corrected chi connectivity index (χ4v) is 2.91. The lowest BCUT2D eigenvalue weighted by atomic mass is 10.0. The van der Waals surface area contributed by atoms with Crippen molar-refractivity contribution < 1.29 is 23.5 Å². The topological polar surface area (TPSA) is 78.4 Å². The first-order valence-corrected chi connectivity index (χ1v) is 9.24. The van der Waals surface area contributed by atoms with Crippen LogP contribution in [0.4, 0.5) is 14.5 Å². The molecule has 3 aromatic carbocycles. The molecule has 30 heavy (non-hydrogen) atoms. The molecule has 7 heteroatoms. The highest BCUT2D eigenvalue weighted by Crippen LogP contribution is 2.18. The summed E-state index contributed by atoms with van der Waals surface area (Å²) in [6, 6.07) is 14.5. The average Bonchev–Trinajstić information content (AvgIpc) is 2.72. The van der Waals surface area contributed by atoms with Gasteiger partial charge in [-0.1, -0.05) is 30.3 Å². The molecule has 0 spiro atoms. The van der Waals surface area contributed by atoms with Gasteiger partial charge in [0.05, 0.1) is 5.56 Å². The predicted molar refractivity (Wildman–Crippen MR) is 109 cm³/mol. The molecule has 0 aliphatic rings. The molecule has 0 heterocycles. The summed E-state index contributed by atoms with van der Waals surface area (Å²) in [6.07, 6.45) is 0.0840. The highest BCUT2D eigenvalue weighted by molar-refractivity contribution is 6.01. The minimum atomic E-state index is -1.07. The number of carbonyl (C=O) groups is 2. The Morgan fingerprint density at radius 3 is 2.40 bits per heavy atom. The Bertz CT molecular complexity index is 1070. The monoisotopic (exact) mass is 410 g/mol. The number of hydrogen-bond acceptors (Lipinski definition) is 3. The van der Waals surface area contributed by atoms with Crippen LogP contribution < -0.4 is 10.6 Å². The predicted octanol–water partition coefficient (Wildman–Crippen LogP) is 3.96. The van der Waals surface area contributed by atoms with E-state index in [-0.39, 0.29) is 23.4 Å². The number of nitrogens with one attached hydrogen (secondary N) is 2. The number of benzene rings is 3. The maximum atomic E-state index is 14.0. The van der Waals surface area contributed by atoms with E-state index < -0.39 is 29.5 Å². The molecule has 3 aromatic rings. The van der Waals surface area contributed by atoms with Gasteiger partial charge in [0.25, 0.3) is 5.91 Å². The number of phenols is 1. The zero-order valence-corrected chi connectivity index (χ0v) is 16.2. The molecule has 1 unspecified atom stereocenters. The highest BCUT2D eigenvalue weighted by atomic mass is 19.1. The molecule has 1 atom stereocenters. The second-order valence-electron chi connectivity index (χ2n) is 6.82. The Hall–Kier alpha value is -3.74. The number of rotatable bonds is 6. The van der Waals surface area contributed by atoms with Gasteiger partial charge in [-0.05, 0) is 54.4 Å². The lowest BCUT2D eigenvalue weighted by Crippen LogP contribution is -2.45. The number of halogens is 2. The van der Waals surface area contributed by atoms with Gasteiger partial charge in [-0.2, -0.15) is 0 Å². The molecule has 3 N–H and O–H groups in total. The van der Waals surface area contributed by atoms with Crippen molar-refractivity contribution in [2.45, 2.75) is 19.4 Å². The van der Waals surface area contributed by atoms with E-state index in [9.17, 15) is 23.5 Å². The van der Waals surface area contributed by atoms with Crippen LogP contribution in [0.5, 0.6) is 5.75 Å². The molecule has 5 nitrogen and oxygen atoms in total. The van der Waals surface area contributed by atoms with E-state index in [1.165, 1.54) is 48.5 Å². The highest BCUT2D eigenvalue weighted by Gasteiger charge is 2.24. The van der Waals surface area contributed by atoms with Crippen molar-refractivity contribution in [3.8, 4) is 5.75 Å². The Morgan fingerprint density at radius 2 is 1.70 bits per heavy atom. The van der Waals surface area contributed by atoms with E-state index in [2.05, 4.69) is 10.6 Å². The molecule has 0 fully saturated rings. The number of carbonyl (C=O) groups excluding carboxylic acids is 2. The third-order valence-corrected chi connectivity index (χ3v) is 4.57. The van der Waals surface area contributed by atoms with Gasteiger partial charge in [0, 0.05) is 12.1 Å². The summed E-state index contributed by atoms with van der Waals surface area (Å²) < 4.78 is 27.5. The largest absolute Gasteiger partial charge is 0.508 e.